The van der Waals surface area contributed by atoms with Crippen molar-refractivity contribution in [3.05, 3.63) is 0 Å². The van der Waals surface area contributed by atoms with Gasteiger partial charge in [-0.1, -0.05) is 33.1 Å². The summed E-state index contributed by atoms with van der Waals surface area (Å²) in [5, 5.41) is 3.57. The summed E-state index contributed by atoms with van der Waals surface area (Å²) in [6, 6.07) is 0. The van der Waals surface area contributed by atoms with E-state index in [4.69, 9.17) is 4.74 Å². The van der Waals surface area contributed by atoms with Crippen LogP contribution in [-0.4, -0.2) is 25.8 Å². The predicted molar refractivity (Wildman–Crippen MR) is 81.4 cm³/mol. The Kier molecular flexibility index (Phi) is 6.66. The standard InChI is InChI=1S/C17H33NO/c1-3-18-13-16-10-9-14(2)12-15(16)6-4-7-17-8-5-11-19-17/h14-18H,3-13H2,1-2H3. The van der Waals surface area contributed by atoms with Crippen LogP contribution in [-0.2, 0) is 4.74 Å². The lowest BCUT2D eigenvalue weighted by Gasteiger charge is -2.35. The lowest BCUT2D eigenvalue weighted by molar-refractivity contribution is 0.0962. The van der Waals surface area contributed by atoms with Crippen LogP contribution in [0.2, 0.25) is 0 Å². The topological polar surface area (TPSA) is 21.3 Å². The quantitative estimate of drug-likeness (QED) is 0.753. The van der Waals surface area contributed by atoms with Crippen molar-refractivity contribution in [2.24, 2.45) is 17.8 Å². The fourth-order valence-corrected chi connectivity index (χ4v) is 3.99. The molecule has 0 aromatic heterocycles. The summed E-state index contributed by atoms with van der Waals surface area (Å²) in [5.74, 6) is 2.84. The van der Waals surface area contributed by atoms with E-state index in [-0.39, 0.29) is 0 Å². The first-order valence-electron chi connectivity index (χ1n) is 8.62. The van der Waals surface area contributed by atoms with Crippen LogP contribution in [0.15, 0.2) is 0 Å². The van der Waals surface area contributed by atoms with Crippen molar-refractivity contribution in [3.8, 4) is 0 Å². The molecule has 1 saturated carbocycles. The Morgan fingerprint density at radius 2 is 2.00 bits per heavy atom. The third-order valence-electron chi connectivity index (χ3n) is 5.18. The van der Waals surface area contributed by atoms with Crippen LogP contribution in [0.3, 0.4) is 0 Å². The molecule has 1 aliphatic carbocycles. The fourth-order valence-electron chi connectivity index (χ4n) is 3.99. The van der Waals surface area contributed by atoms with Crippen molar-refractivity contribution < 1.29 is 4.74 Å². The van der Waals surface area contributed by atoms with Crippen molar-refractivity contribution >= 4 is 0 Å². The van der Waals surface area contributed by atoms with Crippen molar-refractivity contribution in [2.75, 3.05) is 19.7 Å². The van der Waals surface area contributed by atoms with Gasteiger partial charge >= 0.3 is 0 Å². The van der Waals surface area contributed by atoms with Crippen LogP contribution >= 0.6 is 0 Å². The number of hydrogen-bond acceptors (Lipinski definition) is 2. The molecular formula is C17H33NO. The number of rotatable bonds is 7. The van der Waals surface area contributed by atoms with Gasteiger partial charge in [0.15, 0.2) is 0 Å². The first-order valence-corrected chi connectivity index (χ1v) is 8.62. The normalized spacial score (nSPS) is 35.7. The largest absolute Gasteiger partial charge is 0.378 e. The minimum Gasteiger partial charge on any atom is -0.378 e. The molecule has 1 N–H and O–H groups in total. The van der Waals surface area contributed by atoms with Crippen LogP contribution in [0.5, 0.6) is 0 Å². The Morgan fingerprint density at radius 3 is 2.74 bits per heavy atom. The highest BCUT2D eigenvalue weighted by atomic mass is 16.5. The first kappa shape index (κ1) is 15.3. The van der Waals surface area contributed by atoms with E-state index in [1.165, 1.54) is 57.9 Å². The molecule has 0 aromatic carbocycles. The van der Waals surface area contributed by atoms with Gasteiger partial charge in [-0.15, -0.1) is 0 Å². The highest BCUT2D eigenvalue weighted by molar-refractivity contribution is 4.80. The number of ether oxygens (including phenoxy) is 1. The van der Waals surface area contributed by atoms with E-state index in [2.05, 4.69) is 19.2 Å². The van der Waals surface area contributed by atoms with E-state index >= 15 is 0 Å². The summed E-state index contributed by atoms with van der Waals surface area (Å²) in [7, 11) is 0. The van der Waals surface area contributed by atoms with E-state index in [1.54, 1.807) is 0 Å². The Bertz CT molecular complexity index is 235. The van der Waals surface area contributed by atoms with Gasteiger partial charge in [0.1, 0.15) is 0 Å². The molecule has 2 heteroatoms. The van der Waals surface area contributed by atoms with Crippen molar-refractivity contribution in [1.82, 2.24) is 5.32 Å². The minimum absolute atomic E-state index is 0.591. The molecule has 0 radical (unpaired) electrons. The molecule has 2 aliphatic rings. The van der Waals surface area contributed by atoms with Crippen LogP contribution < -0.4 is 5.32 Å². The lowest BCUT2D eigenvalue weighted by atomic mass is 9.72. The van der Waals surface area contributed by atoms with Crippen molar-refractivity contribution in [1.29, 1.82) is 0 Å². The second kappa shape index (κ2) is 8.26. The molecule has 0 bridgehead atoms. The van der Waals surface area contributed by atoms with Gasteiger partial charge in [-0.25, -0.2) is 0 Å². The first-order chi connectivity index (χ1) is 9.29. The van der Waals surface area contributed by atoms with Gasteiger partial charge in [0.2, 0.25) is 0 Å². The second-order valence-corrected chi connectivity index (χ2v) is 6.81. The molecule has 4 unspecified atom stereocenters. The van der Waals surface area contributed by atoms with Crippen LogP contribution in [0.1, 0.15) is 65.2 Å². The zero-order valence-corrected chi connectivity index (χ0v) is 13.0. The highest BCUT2D eigenvalue weighted by Crippen LogP contribution is 2.36. The van der Waals surface area contributed by atoms with Gasteiger partial charge in [0, 0.05) is 6.61 Å². The van der Waals surface area contributed by atoms with Crippen LogP contribution in [0, 0.1) is 17.8 Å². The summed E-state index contributed by atoms with van der Waals surface area (Å²) < 4.78 is 5.74. The summed E-state index contributed by atoms with van der Waals surface area (Å²) >= 11 is 0. The van der Waals surface area contributed by atoms with Gasteiger partial charge in [-0.2, -0.15) is 0 Å². The zero-order chi connectivity index (χ0) is 13.5. The van der Waals surface area contributed by atoms with Crippen molar-refractivity contribution in [2.45, 2.75) is 71.3 Å². The van der Waals surface area contributed by atoms with Crippen molar-refractivity contribution in [3.63, 3.8) is 0 Å². The van der Waals surface area contributed by atoms with Gasteiger partial charge in [0.05, 0.1) is 6.10 Å². The predicted octanol–water partition coefficient (Wildman–Crippen LogP) is 4.00. The number of nitrogens with one attached hydrogen (secondary N) is 1. The van der Waals surface area contributed by atoms with E-state index < -0.39 is 0 Å². The lowest BCUT2D eigenvalue weighted by Crippen LogP contribution is -2.32. The fraction of sp³-hybridized carbons (Fsp3) is 1.00. The van der Waals surface area contributed by atoms with Crippen LogP contribution in [0.4, 0.5) is 0 Å². The Hall–Kier alpha value is -0.0800. The second-order valence-electron chi connectivity index (χ2n) is 6.81. The molecule has 2 nitrogen and oxygen atoms in total. The van der Waals surface area contributed by atoms with E-state index in [9.17, 15) is 0 Å². The van der Waals surface area contributed by atoms with Gasteiger partial charge in [-0.3, -0.25) is 0 Å². The number of hydrogen-bond donors (Lipinski definition) is 1. The molecule has 1 heterocycles. The maximum absolute atomic E-state index is 5.74. The molecule has 19 heavy (non-hydrogen) atoms. The summed E-state index contributed by atoms with van der Waals surface area (Å²) in [5.41, 5.74) is 0. The third kappa shape index (κ3) is 5.07. The molecule has 0 spiro atoms. The molecule has 1 aliphatic heterocycles. The van der Waals surface area contributed by atoms with E-state index in [0.717, 1.165) is 30.9 Å². The molecule has 0 aromatic rings. The van der Waals surface area contributed by atoms with Gasteiger partial charge in [-0.05, 0) is 62.9 Å². The molecule has 112 valence electrons. The third-order valence-corrected chi connectivity index (χ3v) is 5.18. The zero-order valence-electron chi connectivity index (χ0n) is 13.0. The molecule has 2 rings (SSSR count). The minimum atomic E-state index is 0.591. The Morgan fingerprint density at radius 1 is 1.11 bits per heavy atom. The summed E-state index contributed by atoms with van der Waals surface area (Å²) in [6.07, 6.45) is 11.6. The van der Waals surface area contributed by atoms with Gasteiger partial charge < -0.3 is 10.1 Å². The van der Waals surface area contributed by atoms with Crippen LogP contribution in [0.25, 0.3) is 0 Å². The van der Waals surface area contributed by atoms with E-state index in [0.29, 0.717) is 6.10 Å². The monoisotopic (exact) mass is 267 g/mol. The highest BCUT2D eigenvalue weighted by Gasteiger charge is 2.28. The molecule has 4 atom stereocenters. The maximum atomic E-state index is 5.74. The molecule has 1 saturated heterocycles. The smallest absolute Gasteiger partial charge is 0.0576 e. The van der Waals surface area contributed by atoms with Gasteiger partial charge in [0.25, 0.3) is 0 Å². The van der Waals surface area contributed by atoms with E-state index in [1.807, 2.05) is 0 Å². The SMILES string of the molecule is CCNCC1CCC(C)CC1CCCC1CCCO1. The Balaban J connectivity index is 1.70. The summed E-state index contributed by atoms with van der Waals surface area (Å²) in [4.78, 5) is 0. The average Bonchev–Trinajstić information content (AvgIpc) is 2.91. The molecule has 0 amide bonds. The summed E-state index contributed by atoms with van der Waals surface area (Å²) in [6.45, 7) is 8.03. The molecular weight excluding hydrogens is 234 g/mol. The molecule has 2 fully saturated rings. The maximum Gasteiger partial charge on any atom is 0.0576 e. The average molecular weight is 267 g/mol. The Labute approximate surface area is 119 Å².